The van der Waals surface area contributed by atoms with Crippen LogP contribution in [0.3, 0.4) is 0 Å². The third-order valence-corrected chi connectivity index (χ3v) is 5.26. The van der Waals surface area contributed by atoms with Gasteiger partial charge in [0, 0.05) is 25.0 Å². The van der Waals surface area contributed by atoms with Gasteiger partial charge in [-0.05, 0) is 43.4 Å². The maximum absolute atomic E-state index is 12.7. The third kappa shape index (κ3) is 2.37. The van der Waals surface area contributed by atoms with Gasteiger partial charge >= 0.3 is 0 Å². The van der Waals surface area contributed by atoms with Crippen LogP contribution in [0.15, 0.2) is 36.4 Å². The second-order valence-electron chi connectivity index (χ2n) is 6.61. The second kappa shape index (κ2) is 5.36. The molecule has 2 saturated heterocycles. The van der Waals surface area contributed by atoms with E-state index in [9.17, 15) is 4.79 Å². The molecule has 0 aliphatic carbocycles. The lowest BCUT2D eigenvalue weighted by atomic mass is 9.78. The van der Waals surface area contributed by atoms with Gasteiger partial charge in [-0.1, -0.05) is 24.3 Å². The number of nitrogens with one attached hydrogen (secondary N) is 1. The van der Waals surface area contributed by atoms with Crippen LogP contribution in [0.1, 0.15) is 29.8 Å². The van der Waals surface area contributed by atoms with Gasteiger partial charge in [-0.2, -0.15) is 0 Å². The highest BCUT2D eigenvalue weighted by Gasteiger charge is 2.38. The Morgan fingerprint density at radius 2 is 1.91 bits per heavy atom. The van der Waals surface area contributed by atoms with Crippen LogP contribution in [0.4, 0.5) is 0 Å². The fourth-order valence-corrected chi connectivity index (χ4v) is 3.75. The standard InChI is InChI=1S/C18H21N3O/c22-17(16-6-5-14-3-1-2-4-15(14)20-16)21-11-8-18(9-12-21)7-10-19-13-18/h1-6,19H,7-13H2. The minimum Gasteiger partial charge on any atom is -0.337 e. The normalized spacial score (nSPS) is 20.6. The lowest BCUT2D eigenvalue weighted by Crippen LogP contribution is -2.44. The Hall–Kier alpha value is -1.94. The Balaban J connectivity index is 1.51. The lowest BCUT2D eigenvalue weighted by molar-refractivity contribution is 0.0602. The summed E-state index contributed by atoms with van der Waals surface area (Å²) < 4.78 is 0. The predicted octanol–water partition coefficient (Wildman–Crippen LogP) is 2.45. The van der Waals surface area contributed by atoms with E-state index in [0.717, 1.165) is 49.9 Å². The number of aromatic nitrogens is 1. The van der Waals surface area contributed by atoms with Gasteiger partial charge in [0.25, 0.3) is 5.91 Å². The summed E-state index contributed by atoms with van der Waals surface area (Å²) in [6.45, 7) is 3.95. The topological polar surface area (TPSA) is 45.2 Å². The maximum atomic E-state index is 12.7. The number of para-hydroxylation sites is 1. The van der Waals surface area contributed by atoms with Gasteiger partial charge in [0.15, 0.2) is 0 Å². The van der Waals surface area contributed by atoms with Gasteiger partial charge in [0.1, 0.15) is 5.69 Å². The first-order valence-corrected chi connectivity index (χ1v) is 8.12. The molecule has 4 heteroatoms. The first kappa shape index (κ1) is 13.7. The van der Waals surface area contributed by atoms with E-state index < -0.39 is 0 Å². The lowest BCUT2D eigenvalue weighted by Gasteiger charge is -2.38. The molecule has 2 aliphatic rings. The molecule has 4 nitrogen and oxygen atoms in total. The Labute approximate surface area is 130 Å². The first-order chi connectivity index (χ1) is 10.8. The monoisotopic (exact) mass is 295 g/mol. The van der Waals surface area contributed by atoms with E-state index in [1.807, 2.05) is 41.3 Å². The van der Waals surface area contributed by atoms with E-state index in [1.54, 1.807) is 0 Å². The van der Waals surface area contributed by atoms with Crippen molar-refractivity contribution in [1.29, 1.82) is 0 Å². The number of carbonyl (C=O) groups is 1. The number of nitrogens with zero attached hydrogens (tertiary/aromatic N) is 2. The molecule has 2 fully saturated rings. The van der Waals surface area contributed by atoms with Gasteiger partial charge in [-0.15, -0.1) is 0 Å². The van der Waals surface area contributed by atoms with Crippen molar-refractivity contribution in [3.05, 3.63) is 42.1 Å². The number of amides is 1. The number of hydrogen-bond donors (Lipinski definition) is 1. The molecule has 1 aromatic carbocycles. The van der Waals surface area contributed by atoms with Crippen molar-refractivity contribution in [2.45, 2.75) is 19.3 Å². The van der Waals surface area contributed by atoms with Crippen molar-refractivity contribution in [2.24, 2.45) is 5.41 Å². The smallest absolute Gasteiger partial charge is 0.272 e. The van der Waals surface area contributed by atoms with Crippen molar-refractivity contribution < 1.29 is 4.79 Å². The van der Waals surface area contributed by atoms with Crippen LogP contribution in [-0.4, -0.2) is 42.0 Å². The fourth-order valence-electron chi connectivity index (χ4n) is 3.75. The Bertz CT molecular complexity index is 696. The molecule has 1 spiro atoms. The van der Waals surface area contributed by atoms with Gasteiger partial charge < -0.3 is 10.2 Å². The van der Waals surface area contributed by atoms with Crippen molar-refractivity contribution >= 4 is 16.8 Å². The summed E-state index contributed by atoms with van der Waals surface area (Å²) in [6, 6.07) is 11.8. The molecular weight excluding hydrogens is 274 g/mol. The quantitative estimate of drug-likeness (QED) is 0.879. The zero-order valence-electron chi connectivity index (χ0n) is 12.7. The summed E-state index contributed by atoms with van der Waals surface area (Å²) >= 11 is 0. The zero-order valence-corrected chi connectivity index (χ0v) is 12.7. The minimum absolute atomic E-state index is 0.0755. The van der Waals surface area contributed by atoms with E-state index in [4.69, 9.17) is 0 Å². The van der Waals surface area contributed by atoms with Crippen LogP contribution in [0.2, 0.25) is 0 Å². The van der Waals surface area contributed by atoms with E-state index in [0.29, 0.717) is 11.1 Å². The number of piperidine rings is 1. The highest BCUT2D eigenvalue weighted by Crippen LogP contribution is 2.37. The number of benzene rings is 1. The van der Waals surface area contributed by atoms with Crippen molar-refractivity contribution in [3.8, 4) is 0 Å². The summed E-state index contributed by atoms with van der Waals surface area (Å²) in [4.78, 5) is 19.2. The highest BCUT2D eigenvalue weighted by atomic mass is 16.2. The molecule has 0 saturated carbocycles. The minimum atomic E-state index is 0.0755. The predicted molar refractivity (Wildman–Crippen MR) is 86.8 cm³/mol. The largest absolute Gasteiger partial charge is 0.337 e. The number of pyridine rings is 1. The van der Waals surface area contributed by atoms with Crippen LogP contribution in [0, 0.1) is 5.41 Å². The third-order valence-electron chi connectivity index (χ3n) is 5.26. The fraction of sp³-hybridized carbons (Fsp3) is 0.444. The molecule has 2 aromatic rings. The molecular formula is C18H21N3O. The summed E-state index contributed by atoms with van der Waals surface area (Å²) in [5.74, 6) is 0.0755. The molecule has 1 aromatic heterocycles. The van der Waals surface area contributed by atoms with Gasteiger partial charge in [-0.25, -0.2) is 4.98 Å². The maximum Gasteiger partial charge on any atom is 0.272 e. The van der Waals surface area contributed by atoms with Gasteiger partial charge in [-0.3, -0.25) is 4.79 Å². The van der Waals surface area contributed by atoms with Crippen LogP contribution < -0.4 is 5.32 Å². The van der Waals surface area contributed by atoms with Gasteiger partial charge in [0.2, 0.25) is 0 Å². The molecule has 3 heterocycles. The van der Waals surface area contributed by atoms with E-state index in [2.05, 4.69) is 10.3 Å². The molecule has 22 heavy (non-hydrogen) atoms. The number of hydrogen-bond acceptors (Lipinski definition) is 3. The van der Waals surface area contributed by atoms with Crippen LogP contribution in [0.5, 0.6) is 0 Å². The average molecular weight is 295 g/mol. The average Bonchev–Trinajstić information content (AvgIpc) is 3.02. The van der Waals surface area contributed by atoms with Crippen molar-refractivity contribution in [2.75, 3.05) is 26.2 Å². The zero-order chi connectivity index (χ0) is 15.0. The molecule has 4 rings (SSSR count). The molecule has 0 unspecified atom stereocenters. The van der Waals surface area contributed by atoms with Crippen molar-refractivity contribution in [3.63, 3.8) is 0 Å². The Morgan fingerprint density at radius 3 is 2.68 bits per heavy atom. The molecule has 2 aliphatic heterocycles. The number of rotatable bonds is 1. The first-order valence-electron chi connectivity index (χ1n) is 8.12. The highest BCUT2D eigenvalue weighted by molar-refractivity contribution is 5.95. The van der Waals surface area contributed by atoms with Crippen LogP contribution in [0.25, 0.3) is 10.9 Å². The number of carbonyl (C=O) groups excluding carboxylic acids is 1. The summed E-state index contributed by atoms with van der Waals surface area (Å²) in [7, 11) is 0. The number of fused-ring (bicyclic) bond motifs is 1. The summed E-state index contributed by atoms with van der Waals surface area (Å²) in [6.07, 6.45) is 3.47. The second-order valence-corrected chi connectivity index (χ2v) is 6.61. The molecule has 1 amide bonds. The van der Waals surface area contributed by atoms with Crippen LogP contribution >= 0.6 is 0 Å². The molecule has 114 valence electrons. The van der Waals surface area contributed by atoms with Crippen molar-refractivity contribution in [1.82, 2.24) is 15.2 Å². The molecule has 1 N–H and O–H groups in total. The Kier molecular flexibility index (Phi) is 3.34. The van der Waals surface area contributed by atoms with E-state index in [-0.39, 0.29) is 5.91 Å². The van der Waals surface area contributed by atoms with Gasteiger partial charge in [0.05, 0.1) is 5.52 Å². The molecule has 0 radical (unpaired) electrons. The number of likely N-dealkylation sites (tertiary alicyclic amines) is 1. The van der Waals surface area contributed by atoms with E-state index >= 15 is 0 Å². The molecule has 0 atom stereocenters. The summed E-state index contributed by atoms with van der Waals surface area (Å²) in [5, 5.41) is 4.54. The SMILES string of the molecule is O=C(c1ccc2ccccc2n1)N1CCC2(CCNC2)CC1. The van der Waals surface area contributed by atoms with Crippen LogP contribution in [-0.2, 0) is 0 Å². The Morgan fingerprint density at radius 1 is 1.09 bits per heavy atom. The van der Waals surface area contributed by atoms with E-state index in [1.165, 1.54) is 6.42 Å². The molecule has 0 bridgehead atoms. The summed E-state index contributed by atoms with van der Waals surface area (Å²) in [5.41, 5.74) is 1.90.